The molecule has 0 aromatic heterocycles. The second-order valence-electron chi connectivity index (χ2n) is 18.4. The summed E-state index contributed by atoms with van der Waals surface area (Å²) in [5, 5.41) is 0.297. The van der Waals surface area contributed by atoms with Gasteiger partial charge in [-0.2, -0.15) is 0 Å². The number of hydrogen-bond donors (Lipinski definition) is 0. The first-order valence-electron chi connectivity index (χ1n) is 18.8. The normalized spacial score (nSPS) is 39.8. The van der Waals surface area contributed by atoms with Crippen LogP contribution in [0, 0.1) is 46.3 Å². The molecule has 3 nitrogen and oxygen atoms in total. The highest BCUT2D eigenvalue weighted by atomic mass is 28.4. The van der Waals surface area contributed by atoms with E-state index >= 15 is 0 Å². The minimum atomic E-state index is -1.71. The van der Waals surface area contributed by atoms with Gasteiger partial charge in [0, 0.05) is 24.3 Å². The number of benzene rings is 1. The number of carbonyl (C=O) groups is 1. The van der Waals surface area contributed by atoms with Crippen molar-refractivity contribution in [1.29, 1.82) is 0 Å². The Balaban J connectivity index is 1.07. The van der Waals surface area contributed by atoms with Gasteiger partial charge in [-0.3, -0.25) is 4.79 Å². The fraction of sp³-hybridized carbons (Fsp3) is 0.825. The summed E-state index contributed by atoms with van der Waals surface area (Å²) < 4.78 is 7.02. The van der Waals surface area contributed by atoms with Crippen molar-refractivity contribution in [1.82, 2.24) is 4.90 Å². The lowest BCUT2D eigenvalue weighted by molar-refractivity contribution is -0.127. The van der Waals surface area contributed by atoms with E-state index < -0.39 is 8.32 Å². The number of hydrogen-bond acceptors (Lipinski definition) is 2. The van der Waals surface area contributed by atoms with Gasteiger partial charge in [-0.15, -0.1) is 0 Å². The molecule has 5 fully saturated rings. The zero-order valence-electron chi connectivity index (χ0n) is 29.7. The minimum absolute atomic E-state index is 0.247. The molecule has 4 aliphatic carbocycles. The van der Waals surface area contributed by atoms with Gasteiger partial charge in [0.1, 0.15) is 0 Å². The predicted molar refractivity (Wildman–Crippen MR) is 186 cm³/mol. The van der Waals surface area contributed by atoms with Crippen molar-refractivity contribution >= 4 is 14.2 Å². The van der Waals surface area contributed by atoms with Crippen LogP contribution in [0.15, 0.2) is 30.3 Å². The van der Waals surface area contributed by atoms with E-state index in [2.05, 4.69) is 59.5 Å². The van der Waals surface area contributed by atoms with Gasteiger partial charge in [-0.25, -0.2) is 0 Å². The first-order chi connectivity index (χ1) is 20.7. The molecule has 0 spiro atoms. The molecule has 5 aliphatic rings. The fourth-order valence-corrected chi connectivity index (χ4v) is 13.1. The Morgan fingerprint density at radius 3 is 2.39 bits per heavy atom. The van der Waals surface area contributed by atoms with E-state index in [-0.39, 0.29) is 5.91 Å². The van der Waals surface area contributed by atoms with Crippen molar-refractivity contribution in [2.45, 2.75) is 155 Å². The molecule has 1 aromatic rings. The molecule has 6 rings (SSSR count). The molecule has 1 heterocycles. The second-order valence-corrected chi connectivity index (χ2v) is 23.1. The van der Waals surface area contributed by atoms with Gasteiger partial charge < -0.3 is 9.33 Å². The molecule has 0 N–H and O–H groups in total. The van der Waals surface area contributed by atoms with Gasteiger partial charge in [0.05, 0.1) is 0 Å². The van der Waals surface area contributed by atoms with Crippen molar-refractivity contribution in [3.8, 4) is 0 Å². The molecule has 1 amide bonds. The van der Waals surface area contributed by atoms with Crippen molar-refractivity contribution < 1.29 is 9.22 Å². The summed E-state index contributed by atoms with van der Waals surface area (Å²) in [7, 11) is -1.71. The van der Waals surface area contributed by atoms with Crippen LogP contribution in [0.1, 0.15) is 135 Å². The van der Waals surface area contributed by atoms with Gasteiger partial charge in [-0.05, 0) is 160 Å². The van der Waals surface area contributed by atoms with E-state index in [0.717, 1.165) is 54.0 Å². The third-order valence-corrected chi connectivity index (χ3v) is 19.8. The van der Waals surface area contributed by atoms with Crippen LogP contribution in [0.5, 0.6) is 0 Å². The van der Waals surface area contributed by atoms with Crippen LogP contribution in [0.4, 0.5) is 0 Å². The van der Waals surface area contributed by atoms with Gasteiger partial charge in [0.25, 0.3) is 5.91 Å². The SMILES string of the molecule is C[C@H](CC[C@@H]1CCCN1C(=O)c1ccccc1)[C@H]1CC[C@H]2[C@@H]3CC[C@@H]4C[C@H](O[Si](C)(C)C(C)(C)C)CC[C@]4(C)[C@H]3CC[C@]12C. The summed E-state index contributed by atoms with van der Waals surface area (Å²) >= 11 is 0. The molecule has 1 aromatic carbocycles. The van der Waals surface area contributed by atoms with Crippen molar-refractivity contribution in [3.05, 3.63) is 35.9 Å². The van der Waals surface area contributed by atoms with Crippen LogP contribution in [-0.4, -0.2) is 37.8 Å². The number of rotatable bonds is 7. The smallest absolute Gasteiger partial charge is 0.254 e. The molecule has 0 bridgehead atoms. The van der Waals surface area contributed by atoms with Gasteiger partial charge in [-0.1, -0.05) is 59.7 Å². The molecular formula is C40H65NO2Si. The Kier molecular flexibility index (Phi) is 9.05. The number of fused-ring (bicyclic) bond motifs is 5. The van der Waals surface area contributed by atoms with Crippen LogP contribution >= 0.6 is 0 Å². The maximum atomic E-state index is 13.3. The summed E-state index contributed by atoms with van der Waals surface area (Å²) in [6, 6.07) is 10.4. The molecule has 0 unspecified atom stereocenters. The van der Waals surface area contributed by atoms with Gasteiger partial charge in [0.2, 0.25) is 0 Å². The monoisotopic (exact) mass is 619 g/mol. The van der Waals surface area contributed by atoms with Crippen molar-refractivity contribution in [3.63, 3.8) is 0 Å². The Bertz CT molecular complexity index is 1160. The van der Waals surface area contributed by atoms with Crippen molar-refractivity contribution in [2.24, 2.45) is 46.3 Å². The number of carbonyl (C=O) groups excluding carboxylic acids is 1. The van der Waals surface area contributed by atoms with Crippen LogP contribution in [0.2, 0.25) is 18.1 Å². The van der Waals surface area contributed by atoms with Crippen LogP contribution < -0.4 is 0 Å². The molecule has 4 heteroatoms. The van der Waals surface area contributed by atoms with E-state index in [4.69, 9.17) is 4.43 Å². The zero-order valence-corrected chi connectivity index (χ0v) is 30.7. The summed E-state index contributed by atoms with van der Waals surface area (Å²) in [6.45, 7) is 21.0. The van der Waals surface area contributed by atoms with Crippen LogP contribution in [0.3, 0.4) is 0 Å². The van der Waals surface area contributed by atoms with Gasteiger partial charge in [0.15, 0.2) is 8.32 Å². The van der Waals surface area contributed by atoms with Crippen molar-refractivity contribution in [2.75, 3.05) is 6.54 Å². The Morgan fingerprint density at radius 2 is 1.66 bits per heavy atom. The predicted octanol–water partition coefficient (Wildman–Crippen LogP) is 10.8. The lowest BCUT2D eigenvalue weighted by Gasteiger charge is -2.61. The van der Waals surface area contributed by atoms with E-state index in [1.165, 1.54) is 77.0 Å². The highest BCUT2D eigenvalue weighted by molar-refractivity contribution is 6.74. The highest BCUT2D eigenvalue weighted by Crippen LogP contribution is 2.68. The molecule has 10 atom stereocenters. The average Bonchev–Trinajstić information content (AvgIpc) is 3.59. The lowest BCUT2D eigenvalue weighted by atomic mass is 9.44. The first kappa shape index (κ1) is 32.8. The molecule has 44 heavy (non-hydrogen) atoms. The van der Waals surface area contributed by atoms with Gasteiger partial charge >= 0.3 is 0 Å². The summed E-state index contributed by atoms with van der Waals surface area (Å²) in [6.07, 6.45) is 18.0. The second kappa shape index (κ2) is 12.1. The summed E-state index contributed by atoms with van der Waals surface area (Å²) in [5.41, 5.74) is 1.90. The molecular weight excluding hydrogens is 555 g/mol. The third-order valence-electron chi connectivity index (χ3n) is 15.3. The maximum absolute atomic E-state index is 13.3. The molecule has 0 radical (unpaired) electrons. The van der Waals surface area contributed by atoms with Crippen LogP contribution in [-0.2, 0) is 4.43 Å². The average molecular weight is 620 g/mol. The summed E-state index contributed by atoms with van der Waals surface area (Å²) in [5.74, 6) is 5.52. The Morgan fingerprint density at radius 1 is 0.955 bits per heavy atom. The first-order valence-corrected chi connectivity index (χ1v) is 21.7. The highest BCUT2D eigenvalue weighted by Gasteiger charge is 2.61. The maximum Gasteiger partial charge on any atom is 0.254 e. The summed E-state index contributed by atoms with van der Waals surface area (Å²) in [4.78, 5) is 15.5. The number of amides is 1. The van der Waals surface area contributed by atoms with E-state index in [1.807, 2.05) is 30.3 Å². The fourth-order valence-electron chi connectivity index (χ4n) is 11.7. The standard InChI is InChI=1S/C40H65NO2Si/c1-28(16-18-31-15-12-26-41(31)37(42)29-13-10-9-11-14-29)34-20-21-35-33-19-17-30-27-32(43-44(7,8)38(2,3)4)22-24-39(30,5)36(33)23-25-40(34,35)6/h9-11,13-14,28,30-36H,12,15-27H2,1-8H3/t28-,30-,31+,32-,33+,34-,35+,36+,39+,40-/m1/s1. The third kappa shape index (κ3) is 5.80. The minimum Gasteiger partial charge on any atom is -0.414 e. The molecule has 1 saturated heterocycles. The molecule has 1 aliphatic heterocycles. The topological polar surface area (TPSA) is 29.5 Å². The van der Waals surface area contributed by atoms with E-state index in [1.54, 1.807) is 0 Å². The Labute approximate surface area is 271 Å². The van der Waals surface area contributed by atoms with E-state index in [9.17, 15) is 4.79 Å². The number of nitrogens with zero attached hydrogens (tertiary/aromatic N) is 1. The number of likely N-dealkylation sites (tertiary alicyclic amines) is 1. The quantitative estimate of drug-likeness (QED) is 0.284. The zero-order chi connectivity index (χ0) is 31.5. The largest absolute Gasteiger partial charge is 0.414 e. The van der Waals surface area contributed by atoms with Crippen LogP contribution in [0.25, 0.3) is 0 Å². The lowest BCUT2D eigenvalue weighted by Crippen LogP contribution is -2.55. The van der Waals surface area contributed by atoms with E-state index in [0.29, 0.717) is 28.0 Å². The molecule has 4 saturated carbocycles. The molecule has 246 valence electrons. The Hall–Kier alpha value is -1.13.